The number of anilines is 1. The Hall–Kier alpha value is -2.61. The second-order valence-corrected chi connectivity index (χ2v) is 6.01. The number of hydrogen-bond donors (Lipinski definition) is 1. The van der Waals surface area contributed by atoms with E-state index in [1.165, 1.54) is 10.8 Å². The molecule has 0 amide bonds. The van der Waals surface area contributed by atoms with Gasteiger partial charge in [-0.2, -0.15) is 19.6 Å². The minimum atomic E-state index is -1.11. The largest absolute Gasteiger partial charge is 0.343 e. The van der Waals surface area contributed by atoms with Crippen molar-refractivity contribution in [2.75, 3.05) is 5.32 Å². The molecule has 3 rings (SSSR count). The lowest BCUT2D eigenvalue weighted by Crippen LogP contribution is -2.12. The second-order valence-electron chi connectivity index (χ2n) is 5.65. The van der Waals surface area contributed by atoms with Gasteiger partial charge in [-0.05, 0) is 5.92 Å². The highest BCUT2D eigenvalue weighted by Crippen LogP contribution is 2.38. The van der Waals surface area contributed by atoms with Crippen LogP contribution in [0.2, 0.25) is 5.15 Å². The first kappa shape index (κ1) is 17.2. The number of nitrogens with zero attached hydrogens (tertiary/aromatic N) is 4. The van der Waals surface area contributed by atoms with Crippen LogP contribution in [0.25, 0.3) is 16.9 Å². The first-order chi connectivity index (χ1) is 11.8. The van der Waals surface area contributed by atoms with Gasteiger partial charge in [-0.15, -0.1) is 0 Å². The molecule has 0 aliphatic heterocycles. The summed E-state index contributed by atoms with van der Waals surface area (Å²) in [5.74, 6) is -2.98. The third-order valence-electron chi connectivity index (χ3n) is 3.62. The standard InChI is InChI=1S/C16H13ClF3N5/c1-7(2)8(3)23-15-13(12-10(19)4-9(18)5-11(12)20)14(17)24-16-21-6-22-25(15)16/h4-7,23H,3H2,1-2H3. The number of hydrogen-bond acceptors (Lipinski definition) is 4. The average molecular weight is 368 g/mol. The lowest BCUT2D eigenvalue weighted by Gasteiger charge is -2.18. The molecule has 0 radical (unpaired) electrons. The summed E-state index contributed by atoms with van der Waals surface area (Å²) < 4.78 is 43.1. The van der Waals surface area contributed by atoms with Crippen molar-refractivity contribution in [3.63, 3.8) is 0 Å². The van der Waals surface area contributed by atoms with E-state index in [1.807, 2.05) is 13.8 Å². The molecule has 0 aliphatic rings. The zero-order chi connectivity index (χ0) is 18.3. The zero-order valence-corrected chi connectivity index (χ0v) is 14.1. The monoisotopic (exact) mass is 367 g/mol. The third-order valence-corrected chi connectivity index (χ3v) is 3.89. The number of benzene rings is 1. The molecule has 0 aliphatic carbocycles. The van der Waals surface area contributed by atoms with Crippen molar-refractivity contribution < 1.29 is 13.2 Å². The fraction of sp³-hybridized carbons (Fsp3) is 0.188. The first-order valence-electron chi connectivity index (χ1n) is 7.29. The lowest BCUT2D eigenvalue weighted by molar-refractivity contribution is 0.548. The van der Waals surface area contributed by atoms with Crippen molar-refractivity contribution in [3.05, 3.63) is 53.3 Å². The van der Waals surface area contributed by atoms with Crippen LogP contribution in [0.4, 0.5) is 19.0 Å². The van der Waals surface area contributed by atoms with Gasteiger partial charge in [0.15, 0.2) is 0 Å². The SMILES string of the molecule is C=C(Nc1c(-c2c(F)cc(F)cc2F)c(Cl)nc2ncnn12)C(C)C. The van der Waals surface area contributed by atoms with E-state index in [2.05, 4.69) is 27.0 Å². The van der Waals surface area contributed by atoms with E-state index >= 15 is 0 Å². The van der Waals surface area contributed by atoms with E-state index in [4.69, 9.17) is 11.6 Å². The number of aromatic nitrogens is 4. The zero-order valence-electron chi connectivity index (χ0n) is 13.3. The van der Waals surface area contributed by atoms with Crippen LogP contribution in [0, 0.1) is 23.4 Å². The van der Waals surface area contributed by atoms with Crippen molar-refractivity contribution in [1.29, 1.82) is 0 Å². The quantitative estimate of drug-likeness (QED) is 0.692. The van der Waals surface area contributed by atoms with E-state index in [9.17, 15) is 13.2 Å². The van der Waals surface area contributed by atoms with Gasteiger partial charge >= 0.3 is 0 Å². The lowest BCUT2D eigenvalue weighted by atomic mass is 10.1. The normalized spacial score (nSPS) is 11.3. The molecule has 25 heavy (non-hydrogen) atoms. The van der Waals surface area contributed by atoms with E-state index in [0.717, 1.165) is 0 Å². The molecule has 0 spiro atoms. The van der Waals surface area contributed by atoms with Crippen LogP contribution in [0.5, 0.6) is 0 Å². The van der Waals surface area contributed by atoms with Gasteiger partial charge < -0.3 is 5.32 Å². The van der Waals surface area contributed by atoms with Gasteiger partial charge in [0.25, 0.3) is 5.78 Å². The third kappa shape index (κ3) is 3.05. The fourth-order valence-corrected chi connectivity index (χ4v) is 2.49. The smallest absolute Gasteiger partial charge is 0.255 e. The molecular formula is C16H13ClF3N5. The van der Waals surface area contributed by atoms with Crippen LogP contribution in [0.1, 0.15) is 13.8 Å². The maximum Gasteiger partial charge on any atom is 0.255 e. The minimum absolute atomic E-state index is 0.0151. The Kier molecular flexibility index (Phi) is 4.38. The summed E-state index contributed by atoms with van der Waals surface area (Å²) in [7, 11) is 0. The molecule has 1 N–H and O–H groups in total. The molecule has 9 heteroatoms. The highest BCUT2D eigenvalue weighted by molar-refractivity contribution is 6.33. The summed E-state index contributed by atoms with van der Waals surface area (Å²) in [5.41, 5.74) is -0.0601. The van der Waals surface area contributed by atoms with Gasteiger partial charge in [0.1, 0.15) is 34.7 Å². The molecule has 130 valence electrons. The number of nitrogens with one attached hydrogen (secondary N) is 1. The van der Waals surface area contributed by atoms with Crippen molar-refractivity contribution in [1.82, 2.24) is 19.6 Å². The molecule has 2 heterocycles. The number of halogens is 4. The van der Waals surface area contributed by atoms with Crippen LogP contribution >= 0.6 is 11.6 Å². The topological polar surface area (TPSA) is 55.1 Å². The fourth-order valence-electron chi connectivity index (χ4n) is 2.23. The van der Waals surface area contributed by atoms with Gasteiger partial charge in [-0.25, -0.2) is 13.2 Å². The maximum atomic E-state index is 14.3. The summed E-state index contributed by atoms with van der Waals surface area (Å²) in [6.45, 7) is 7.65. The van der Waals surface area contributed by atoms with Crippen LogP contribution in [0.15, 0.2) is 30.7 Å². The van der Waals surface area contributed by atoms with Gasteiger partial charge in [0.2, 0.25) is 0 Å². The summed E-state index contributed by atoms with van der Waals surface area (Å²) in [6.07, 6.45) is 1.23. The summed E-state index contributed by atoms with van der Waals surface area (Å²) in [4.78, 5) is 7.91. The molecule has 0 bridgehead atoms. The first-order valence-corrected chi connectivity index (χ1v) is 7.67. The van der Waals surface area contributed by atoms with Gasteiger partial charge in [0.05, 0.1) is 11.1 Å². The van der Waals surface area contributed by atoms with Crippen LogP contribution in [0.3, 0.4) is 0 Å². The molecule has 0 atom stereocenters. The van der Waals surface area contributed by atoms with E-state index < -0.39 is 23.0 Å². The van der Waals surface area contributed by atoms with Crippen molar-refractivity contribution in [2.24, 2.45) is 5.92 Å². The van der Waals surface area contributed by atoms with Crippen molar-refractivity contribution in [3.8, 4) is 11.1 Å². The number of rotatable bonds is 4. The molecule has 0 unspecified atom stereocenters. The predicted molar refractivity (Wildman–Crippen MR) is 88.7 cm³/mol. The predicted octanol–water partition coefficient (Wildman–Crippen LogP) is 4.44. The Balaban J connectivity index is 2.34. The Bertz CT molecular complexity index is 960. The Labute approximate surface area is 146 Å². The van der Waals surface area contributed by atoms with Crippen molar-refractivity contribution in [2.45, 2.75) is 13.8 Å². The molecule has 0 saturated carbocycles. The average Bonchev–Trinajstić information content (AvgIpc) is 2.96. The number of fused-ring (bicyclic) bond motifs is 1. The Morgan fingerprint density at radius 2 is 1.84 bits per heavy atom. The van der Waals surface area contributed by atoms with E-state index in [0.29, 0.717) is 17.8 Å². The molecule has 0 saturated heterocycles. The number of allylic oxidation sites excluding steroid dienone is 1. The van der Waals surface area contributed by atoms with E-state index in [-0.39, 0.29) is 28.2 Å². The molecule has 5 nitrogen and oxygen atoms in total. The van der Waals surface area contributed by atoms with Crippen LogP contribution in [-0.2, 0) is 0 Å². The molecular weight excluding hydrogens is 355 g/mol. The minimum Gasteiger partial charge on any atom is -0.343 e. The molecule has 2 aromatic heterocycles. The van der Waals surface area contributed by atoms with Crippen molar-refractivity contribution >= 4 is 23.2 Å². The summed E-state index contributed by atoms with van der Waals surface area (Å²) in [5, 5.41) is 6.75. The Morgan fingerprint density at radius 1 is 1.20 bits per heavy atom. The second kappa shape index (κ2) is 6.36. The van der Waals surface area contributed by atoms with Gasteiger partial charge in [-0.3, -0.25) is 0 Å². The van der Waals surface area contributed by atoms with Crippen LogP contribution in [-0.4, -0.2) is 19.6 Å². The van der Waals surface area contributed by atoms with Gasteiger partial charge in [-0.1, -0.05) is 32.0 Å². The highest BCUT2D eigenvalue weighted by Gasteiger charge is 2.24. The molecule has 1 aromatic carbocycles. The summed E-state index contributed by atoms with van der Waals surface area (Å²) in [6, 6.07) is 1.14. The molecule has 0 fully saturated rings. The highest BCUT2D eigenvalue weighted by atomic mass is 35.5. The van der Waals surface area contributed by atoms with E-state index in [1.54, 1.807) is 0 Å². The van der Waals surface area contributed by atoms with Crippen LogP contribution < -0.4 is 5.32 Å². The maximum absolute atomic E-state index is 14.3. The molecule has 3 aromatic rings. The van der Waals surface area contributed by atoms with Gasteiger partial charge in [0, 0.05) is 17.8 Å². The Morgan fingerprint density at radius 3 is 2.44 bits per heavy atom. The summed E-state index contributed by atoms with van der Waals surface area (Å²) >= 11 is 6.16.